The second-order valence-electron chi connectivity index (χ2n) is 13.7. The average Bonchev–Trinajstić information content (AvgIpc) is 3.17. The normalized spacial score (nSPS) is 21.8. The first-order chi connectivity index (χ1) is 26.4. The molecule has 54 heavy (non-hydrogen) atoms. The molecule has 0 aromatic heterocycles. The van der Waals surface area contributed by atoms with Crippen molar-refractivity contribution in [1.29, 1.82) is 0 Å². The van der Waals surface area contributed by atoms with Crippen LogP contribution in [0.25, 0.3) is 0 Å². The lowest BCUT2D eigenvalue weighted by molar-refractivity contribution is -0.305. The van der Waals surface area contributed by atoms with Crippen LogP contribution in [0.5, 0.6) is 0 Å². The van der Waals surface area contributed by atoms with Crippen LogP contribution in [0, 0.1) is 0 Å². The molecular formula is C45H74O9. The summed E-state index contributed by atoms with van der Waals surface area (Å²) in [5.41, 5.74) is 0. The molecule has 6 atom stereocenters. The molecule has 1 rings (SSSR count). The summed E-state index contributed by atoms with van der Waals surface area (Å²) in [6.45, 7) is 4.22. The van der Waals surface area contributed by atoms with Gasteiger partial charge in [-0.1, -0.05) is 125 Å². The third-order valence-electron chi connectivity index (χ3n) is 8.81. The predicted octanol–water partition coefficient (Wildman–Crippen LogP) is 8.69. The summed E-state index contributed by atoms with van der Waals surface area (Å²) in [7, 11) is 0. The maximum atomic E-state index is 12.7. The fraction of sp³-hybridized carbons (Fsp3) is 0.667. The van der Waals surface area contributed by atoms with Crippen LogP contribution in [0.15, 0.2) is 85.1 Å². The molecule has 1 fully saturated rings. The van der Waals surface area contributed by atoms with E-state index in [2.05, 4.69) is 98.9 Å². The molecule has 4 N–H and O–H groups in total. The Bertz CT molecular complexity index is 1090. The van der Waals surface area contributed by atoms with Gasteiger partial charge in [0.15, 0.2) is 6.29 Å². The Morgan fingerprint density at radius 3 is 1.61 bits per heavy atom. The van der Waals surface area contributed by atoms with E-state index in [0.717, 1.165) is 83.5 Å². The number of unbranched alkanes of at least 4 members (excludes halogenated alkanes) is 8. The monoisotopic (exact) mass is 759 g/mol. The second kappa shape index (κ2) is 36.0. The highest BCUT2D eigenvalue weighted by Gasteiger charge is 2.44. The Balaban J connectivity index is 2.35. The van der Waals surface area contributed by atoms with Gasteiger partial charge in [0, 0.05) is 13.0 Å². The minimum absolute atomic E-state index is 0.113. The van der Waals surface area contributed by atoms with Crippen LogP contribution in [0.4, 0.5) is 0 Å². The minimum Gasteiger partial charge on any atom is -0.457 e. The first-order valence-electron chi connectivity index (χ1n) is 20.7. The number of allylic oxidation sites excluding steroid dienone is 14. The summed E-state index contributed by atoms with van der Waals surface area (Å²) in [5, 5.41) is 40.0. The fourth-order valence-corrected chi connectivity index (χ4v) is 5.61. The van der Waals surface area contributed by atoms with E-state index in [1.165, 1.54) is 19.3 Å². The average molecular weight is 759 g/mol. The van der Waals surface area contributed by atoms with Gasteiger partial charge in [-0.15, -0.1) is 0 Å². The summed E-state index contributed by atoms with van der Waals surface area (Å²) < 4.78 is 22.7. The van der Waals surface area contributed by atoms with Crippen molar-refractivity contribution in [1.82, 2.24) is 0 Å². The Kier molecular flexibility index (Phi) is 33.0. The lowest BCUT2D eigenvalue weighted by atomic mass is 9.99. The summed E-state index contributed by atoms with van der Waals surface area (Å²) in [6, 6.07) is 0. The molecule has 308 valence electrons. The molecule has 1 aliphatic rings. The van der Waals surface area contributed by atoms with Crippen molar-refractivity contribution in [3.8, 4) is 0 Å². The Morgan fingerprint density at radius 1 is 0.593 bits per heavy atom. The van der Waals surface area contributed by atoms with Crippen molar-refractivity contribution >= 4 is 5.97 Å². The van der Waals surface area contributed by atoms with Crippen LogP contribution in [0.3, 0.4) is 0 Å². The maximum Gasteiger partial charge on any atom is 0.306 e. The van der Waals surface area contributed by atoms with Gasteiger partial charge in [-0.25, -0.2) is 0 Å². The molecule has 9 nitrogen and oxygen atoms in total. The highest BCUT2D eigenvalue weighted by molar-refractivity contribution is 5.69. The Hall–Kier alpha value is -2.63. The highest BCUT2D eigenvalue weighted by Crippen LogP contribution is 2.22. The number of hydrogen-bond acceptors (Lipinski definition) is 9. The predicted molar refractivity (Wildman–Crippen MR) is 219 cm³/mol. The molecule has 1 saturated heterocycles. The zero-order chi connectivity index (χ0) is 39.3. The molecule has 0 bridgehead atoms. The Labute approximate surface area is 327 Å². The van der Waals surface area contributed by atoms with E-state index in [0.29, 0.717) is 13.0 Å². The number of esters is 1. The number of hydrogen-bond donors (Lipinski definition) is 4. The number of ether oxygens (including phenoxy) is 4. The molecule has 0 aliphatic carbocycles. The van der Waals surface area contributed by atoms with Crippen molar-refractivity contribution in [3.63, 3.8) is 0 Å². The van der Waals surface area contributed by atoms with Gasteiger partial charge in [-0.2, -0.15) is 0 Å². The number of aliphatic hydroxyl groups is 4. The van der Waals surface area contributed by atoms with Crippen molar-refractivity contribution in [2.24, 2.45) is 0 Å². The van der Waals surface area contributed by atoms with Gasteiger partial charge in [0.05, 0.1) is 19.8 Å². The van der Waals surface area contributed by atoms with Crippen molar-refractivity contribution in [2.45, 2.75) is 166 Å². The summed E-state index contributed by atoms with van der Waals surface area (Å²) >= 11 is 0. The SMILES string of the molecule is CC/C=C\C/C=C\C/C=C\C/C=C\CCCCC(=O)OC(COCCCCCCCC/C=C\C/C=C\C/C=C\CC)COC1OC(CO)C(O)C(O)C1O. The van der Waals surface area contributed by atoms with Crippen LogP contribution >= 0.6 is 0 Å². The lowest BCUT2D eigenvalue weighted by Gasteiger charge is -2.39. The lowest BCUT2D eigenvalue weighted by Crippen LogP contribution is -2.59. The van der Waals surface area contributed by atoms with E-state index in [-0.39, 0.29) is 25.6 Å². The quantitative estimate of drug-likeness (QED) is 0.0295. The molecule has 0 amide bonds. The van der Waals surface area contributed by atoms with E-state index in [1.54, 1.807) is 0 Å². The minimum atomic E-state index is -1.55. The third kappa shape index (κ3) is 27.0. The molecule has 9 heteroatoms. The van der Waals surface area contributed by atoms with Crippen LogP contribution in [-0.4, -0.2) is 89.6 Å². The summed E-state index contributed by atoms with van der Waals surface area (Å²) in [4.78, 5) is 12.7. The van der Waals surface area contributed by atoms with Gasteiger partial charge < -0.3 is 39.4 Å². The Morgan fingerprint density at radius 2 is 1.07 bits per heavy atom. The maximum absolute atomic E-state index is 12.7. The van der Waals surface area contributed by atoms with E-state index in [4.69, 9.17) is 18.9 Å². The smallest absolute Gasteiger partial charge is 0.306 e. The van der Waals surface area contributed by atoms with Crippen molar-refractivity contribution in [2.75, 3.05) is 26.4 Å². The molecule has 1 aliphatic heterocycles. The van der Waals surface area contributed by atoms with Gasteiger partial charge >= 0.3 is 5.97 Å². The number of carbonyl (C=O) groups is 1. The molecule has 0 aromatic rings. The molecular weight excluding hydrogens is 684 g/mol. The molecule has 6 unspecified atom stereocenters. The van der Waals surface area contributed by atoms with Crippen molar-refractivity contribution in [3.05, 3.63) is 85.1 Å². The molecule has 0 saturated carbocycles. The molecule has 0 radical (unpaired) electrons. The summed E-state index contributed by atoms with van der Waals surface area (Å²) in [5.74, 6) is -0.364. The number of aliphatic hydroxyl groups excluding tert-OH is 4. The van der Waals surface area contributed by atoms with Gasteiger partial charge in [-0.05, 0) is 83.5 Å². The standard InChI is InChI=1S/C45H74O9/c1-3-5-7-9-11-13-15-17-19-21-23-25-27-29-31-33-35-51-37-39(38-52-45-44(50)43(49)42(48)40(36-46)54-45)53-41(47)34-32-30-28-26-24-22-20-18-16-14-12-10-8-6-4-2/h5-8,11-14,17-20,24,26,39-40,42-46,48-50H,3-4,9-10,15-16,21-23,25,27-38H2,1-2H3/b7-5-,8-6-,13-11-,14-12-,19-17-,20-18-,26-24-. The fourth-order valence-electron chi connectivity index (χ4n) is 5.61. The van der Waals surface area contributed by atoms with Gasteiger partial charge in [-0.3, -0.25) is 4.79 Å². The van der Waals surface area contributed by atoms with E-state index >= 15 is 0 Å². The highest BCUT2D eigenvalue weighted by atomic mass is 16.7. The van der Waals surface area contributed by atoms with Crippen LogP contribution in [0.1, 0.15) is 129 Å². The molecule has 1 heterocycles. The number of rotatable bonds is 33. The topological polar surface area (TPSA) is 135 Å². The molecule has 0 spiro atoms. The number of carbonyl (C=O) groups excluding carboxylic acids is 1. The first-order valence-corrected chi connectivity index (χ1v) is 20.7. The van der Waals surface area contributed by atoms with Gasteiger partial charge in [0.1, 0.15) is 30.5 Å². The van der Waals surface area contributed by atoms with E-state index in [9.17, 15) is 25.2 Å². The second-order valence-corrected chi connectivity index (χ2v) is 13.7. The van der Waals surface area contributed by atoms with Gasteiger partial charge in [0.25, 0.3) is 0 Å². The first kappa shape index (κ1) is 49.4. The van der Waals surface area contributed by atoms with Crippen LogP contribution in [0.2, 0.25) is 0 Å². The third-order valence-corrected chi connectivity index (χ3v) is 8.81. The van der Waals surface area contributed by atoms with Crippen molar-refractivity contribution < 1.29 is 44.2 Å². The largest absolute Gasteiger partial charge is 0.457 e. The summed E-state index contributed by atoms with van der Waals surface area (Å²) in [6.07, 6.45) is 40.4. The zero-order valence-electron chi connectivity index (χ0n) is 33.4. The zero-order valence-corrected chi connectivity index (χ0v) is 33.4. The van der Waals surface area contributed by atoms with E-state index < -0.39 is 43.4 Å². The van der Waals surface area contributed by atoms with Crippen LogP contribution < -0.4 is 0 Å². The molecule has 0 aromatic carbocycles. The van der Waals surface area contributed by atoms with Crippen LogP contribution in [-0.2, 0) is 23.7 Å². The van der Waals surface area contributed by atoms with E-state index in [1.807, 2.05) is 0 Å². The van der Waals surface area contributed by atoms with Gasteiger partial charge in [0.2, 0.25) is 0 Å².